The van der Waals surface area contributed by atoms with Crippen molar-refractivity contribution >= 4 is 23.5 Å². The van der Waals surface area contributed by atoms with Gasteiger partial charge >= 0.3 is 0 Å². The van der Waals surface area contributed by atoms with E-state index in [1.54, 1.807) is 0 Å². The summed E-state index contributed by atoms with van der Waals surface area (Å²) in [6.07, 6.45) is 0. The first-order valence-electron chi connectivity index (χ1n) is 6.86. The van der Waals surface area contributed by atoms with Crippen molar-refractivity contribution < 1.29 is 0 Å². The molecule has 8 heteroatoms. The van der Waals surface area contributed by atoms with Crippen LogP contribution in [0.25, 0.3) is 0 Å². The predicted octanol–water partition coefficient (Wildman–Crippen LogP) is 0.615. The van der Waals surface area contributed by atoms with Crippen molar-refractivity contribution in [3.8, 4) is 0 Å². The van der Waals surface area contributed by atoms with E-state index in [1.165, 1.54) is 0 Å². The molecule has 1 unspecified atom stereocenters. The summed E-state index contributed by atoms with van der Waals surface area (Å²) in [5.41, 5.74) is 0. The molecule has 0 aromatic carbocycles. The summed E-state index contributed by atoms with van der Waals surface area (Å²) in [7, 11) is 4.28. The molecule has 1 atom stereocenters. The lowest BCUT2D eigenvalue weighted by atomic mass is 10.2. The number of halogens is 1. The van der Waals surface area contributed by atoms with E-state index in [4.69, 9.17) is 11.6 Å². The number of aromatic nitrogens is 3. The molecule has 1 fully saturated rings. The monoisotopic (exact) mass is 299 g/mol. The molecule has 2 rings (SSSR count). The molecule has 7 nitrogen and oxygen atoms in total. The van der Waals surface area contributed by atoms with Crippen LogP contribution in [-0.2, 0) is 0 Å². The van der Waals surface area contributed by atoms with Gasteiger partial charge < -0.3 is 15.5 Å². The fraction of sp³-hybridized carbons (Fsp3) is 0.750. The highest BCUT2D eigenvalue weighted by Gasteiger charge is 2.22. The maximum Gasteiger partial charge on any atom is 0.228 e. The molecule has 0 aliphatic carbocycles. The van der Waals surface area contributed by atoms with E-state index in [2.05, 4.69) is 49.5 Å². The number of anilines is 2. The molecule has 1 aromatic rings. The van der Waals surface area contributed by atoms with E-state index in [-0.39, 0.29) is 5.28 Å². The molecular formula is C12H22ClN7. The first-order valence-corrected chi connectivity index (χ1v) is 7.24. The quantitative estimate of drug-likeness (QED) is 0.826. The summed E-state index contributed by atoms with van der Waals surface area (Å²) >= 11 is 5.90. The standard InChI is InChI=1S/C12H22ClN7/c1-4-14-11-16-10(13)17-12(18-11)15-7-9-8-19(2)5-6-20(9)3/h9H,4-8H2,1-3H3,(H2,14,15,16,17,18). The predicted molar refractivity (Wildman–Crippen MR) is 81.4 cm³/mol. The fourth-order valence-corrected chi connectivity index (χ4v) is 2.36. The van der Waals surface area contributed by atoms with Crippen molar-refractivity contribution in [3.05, 3.63) is 5.28 Å². The van der Waals surface area contributed by atoms with Gasteiger partial charge in [-0.1, -0.05) is 0 Å². The third kappa shape index (κ3) is 4.16. The van der Waals surface area contributed by atoms with Crippen LogP contribution in [0.15, 0.2) is 0 Å². The Hall–Kier alpha value is -1.18. The van der Waals surface area contributed by atoms with Gasteiger partial charge in [-0.25, -0.2) is 0 Å². The zero-order valence-electron chi connectivity index (χ0n) is 12.2. The summed E-state index contributed by atoms with van der Waals surface area (Å²) in [5, 5.41) is 6.49. The second kappa shape index (κ2) is 7.01. The van der Waals surface area contributed by atoms with Crippen LogP contribution in [0.5, 0.6) is 0 Å². The Morgan fingerprint density at radius 3 is 2.55 bits per heavy atom. The van der Waals surface area contributed by atoms with Crippen molar-refractivity contribution in [2.24, 2.45) is 0 Å². The minimum Gasteiger partial charge on any atom is -0.354 e. The van der Waals surface area contributed by atoms with Crippen LogP contribution >= 0.6 is 11.6 Å². The van der Waals surface area contributed by atoms with E-state index >= 15 is 0 Å². The second-order valence-corrected chi connectivity index (χ2v) is 5.40. The number of hydrogen-bond donors (Lipinski definition) is 2. The van der Waals surface area contributed by atoms with Gasteiger partial charge in [0, 0.05) is 38.8 Å². The molecule has 1 aliphatic rings. The Morgan fingerprint density at radius 1 is 1.15 bits per heavy atom. The molecular weight excluding hydrogens is 278 g/mol. The van der Waals surface area contributed by atoms with Crippen molar-refractivity contribution in [1.82, 2.24) is 24.8 Å². The first-order chi connectivity index (χ1) is 9.58. The van der Waals surface area contributed by atoms with E-state index in [0.29, 0.717) is 17.9 Å². The highest BCUT2D eigenvalue weighted by atomic mass is 35.5. The molecule has 0 radical (unpaired) electrons. The molecule has 1 saturated heterocycles. The zero-order chi connectivity index (χ0) is 14.5. The zero-order valence-corrected chi connectivity index (χ0v) is 13.0. The molecule has 0 bridgehead atoms. The van der Waals surface area contributed by atoms with Gasteiger partial charge in [0.2, 0.25) is 17.2 Å². The SMILES string of the molecule is CCNc1nc(Cl)nc(NCC2CN(C)CCN2C)n1. The Balaban J connectivity index is 1.95. The minimum atomic E-state index is 0.201. The Labute approximate surface area is 124 Å². The summed E-state index contributed by atoms with van der Waals surface area (Å²) < 4.78 is 0. The van der Waals surface area contributed by atoms with Crippen molar-refractivity contribution in [2.75, 3.05) is 57.5 Å². The largest absolute Gasteiger partial charge is 0.354 e. The average molecular weight is 300 g/mol. The van der Waals surface area contributed by atoms with E-state index in [1.807, 2.05) is 6.92 Å². The van der Waals surface area contributed by atoms with Crippen molar-refractivity contribution in [3.63, 3.8) is 0 Å². The molecule has 112 valence electrons. The molecule has 1 aromatic heterocycles. The molecule has 1 aliphatic heterocycles. The van der Waals surface area contributed by atoms with E-state index in [9.17, 15) is 0 Å². The molecule has 0 amide bonds. The maximum absolute atomic E-state index is 5.90. The van der Waals surface area contributed by atoms with Crippen LogP contribution in [0.1, 0.15) is 6.92 Å². The van der Waals surface area contributed by atoms with Gasteiger partial charge in [0.05, 0.1) is 0 Å². The molecule has 2 N–H and O–H groups in total. The van der Waals surface area contributed by atoms with Gasteiger partial charge in [0.15, 0.2) is 0 Å². The number of likely N-dealkylation sites (N-methyl/N-ethyl adjacent to an activating group) is 2. The maximum atomic E-state index is 5.90. The molecule has 0 saturated carbocycles. The minimum absolute atomic E-state index is 0.201. The summed E-state index contributed by atoms with van der Waals surface area (Å²) in [4.78, 5) is 17.1. The highest BCUT2D eigenvalue weighted by Crippen LogP contribution is 2.11. The molecule has 2 heterocycles. The van der Waals surface area contributed by atoms with Crippen LogP contribution in [0.4, 0.5) is 11.9 Å². The van der Waals surface area contributed by atoms with E-state index < -0.39 is 0 Å². The fourth-order valence-electron chi connectivity index (χ4n) is 2.20. The van der Waals surface area contributed by atoms with Gasteiger partial charge in [-0.15, -0.1) is 0 Å². The topological polar surface area (TPSA) is 69.2 Å². The number of nitrogens with zero attached hydrogens (tertiary/aromatic N) is 5. The summed E-state index contributed by atoms with van der Waals surface area (Å²) in [6, 6.07) is 0.437. The molecule has 20 heavy (non-hydrogen) atoms. The summed E-state index contributed by atoms with van der Waals surface area (Å²) in [5.74, 6) is 1.02. The van der Waals surface area contributed by atoms with Gasteiger partial charge in [-0.05, 0) is 32.6 Å². The van der Waals surface area contributed by atoms with Gasteiger partial charge in [-0.3, -0.25) is 4.90 Å². The van der Waals surface area contributed by atoms with Crippen LogP contribution in [0.3, 0.4) is 0 Å². The van der Waals surface area contributed by atoms with Crippen LogP contribution in [0, 0.1) is 0 Å². The first kappa shape index (κ1) is 15.2. The van der Waals surface area contributed by atoms with Crippen LogP contribution in [-0.4, -0.2) is 77.6 Å². The third-order valence-electron chi connectivity index (χ3n) is 3.42. The van der Waals surface area contributed by atoms with Crippen molar-refractivity contribution in [1.29, 1.82) is 0 Å². The number of nitrogens with one attached hydrogen (secondary N) is 2. The second-order valence-electron chi connectivity index (χ2n) is 5.06. The lowest BCUT2D eigenvalue weighted by Crippen LogP contribution is -2.52. The Morgan fingerprint density at radius 2 is 1.85 bits per heavy atom. The van der Waals surface area contributed by atoms with Gasteiger partial charge in [-0.2, -0.15) is 15.0 Å². The highest BCUT2D eigenvalue weighted by molar-refractivity contribution is 6.28. The third-order valence-corrected chi connectivity index (χ3v) is 3.59. The number of rotatable bonds is 5. The van der Waals surface area contributed by atoms with E-state index in [0.717, 1.165) is 32.7 Å². The average Bonchev–Trinajstić information content (AvgIpc) is 2.40. The van der Waals surface area contributed by atoms with Crippen molar-refractivity contribution in [2.45, 2.75) is 13.0 Å². The smallest absolute Gasteiger partial charge is 0.228 e. The van der Waals surface area contributed by atoms with Crippen LogP contribution in [0.2, 0.25) is 5.28 Å². The lowest BCUT2D eigenvalue weighted by Gasteiger charge is -2.37. The van der Waals surface area contributed by atoms with Gasteiger partial charge in [0.1, 0.15) is 0 Å². The Kier molecular flexibility index (Phi) is 5.33. The number of piperazine rings is 1. The lowest BCUT2D eigenvalue weighted by molar-refractivity contribution is 0.121. The molecule has 0 spiro atoms. The normalized spacial score (nSPS) is 20.9. The summed E-state index contributed by atoms with van der Waals surface area (Å²) in [6.45, 7) is 6.72. The number of hydrogen-bond acceptors (Lipinski definition) is 7. The Bertz CT molecular complexity index is 442. The van der Waals surface area contributed by atoms with Crippen LogP contribution < -0.4 is 10.6 Å². The van der Waals surface area contributed by atoms with Gasteiger partial charge in [0.25, 0.3) is 0 Å².